The first kappa shape index (κ1) is 17.7. The van der Waals surface area contributed by atoms with E-state index in [0.717, 1.165) is 21.9 Å². The molecule has 27 heavy (non-hydrogen) atoms. The highest BCUT2D eigenvalue weighted by molar-refractivity contribution is 8.26. The number of thioether (sulfide) groups is 1. The summed E-state index contributed by atoms with van der Waals surface area (Å²) < 4.78 is 6.05. The number of fused-ring (bicyclic) bond motifs is 1. The highest BCUT2D eigenvalue weighted by Gasteiger charge is 2.33. The number of hydrogen-bond acceptors (Lipinski definition) is 5. The highest BCUT2D eigenvalue weighted by Crippen LogP contribution is 2.37. The first-order chi connectivity index (χ1) is 13.0. The summed E-state index contributed by atoms with van der Waals surface area (Å²) in [6.45, 7) is 1.43. The van der Waals surface area contributed by atoms with E-state index in [1.807, 2.05) is 30.3 Å². The lowest BCUT2D eigenvalue weighted by molar-refractivity contribution is -0.126. The zero-order valence-electron chi connectivity index (χ0n) is 14.5. The van der Waals surface area contributed by atoms with Gasteiger partial charge in [-0.25, -0.2) is 0 Å². The molecule has 0 radical (unpaired) electrons. The quantitative estimate of drug-likeness (QED) is 0.467. The van der Waals surface area contributed by atoms with Gasteiger partial charge in [0.15, 0.2) is 0 Å². The number of ketones is 1. The number of Topliss-reactive ketones (excluding diaryl/α,β-unsaturated/α-hetero) is 1. The van der Waals surface area contributed by atoms with Crippen LogP contribution in [0.1, 0.15) is 12.7 Å². The minimum Gasteiger partial charge on any atom is -0.464 e. The van der Waals surface area contributed by atoms with E-state index in [0.29, 0.717) is 15.0 Å². The van der Waals surface area contributed by atoms with Crippen LogP contribution in [0, 0.1) is 0 Å². The van der Waals surface area contributed by atoms with Gasteiger partial charge in [0.1, 0.15) is 15.9 Å². The van der Waals surface area contributed by atoms with Crippen molar-refractivity contribution < 1.29 is 14.0 Å². The Morgan fingerprint density at radius 2 is 1.93 bits per heavy atom. The predicted molar refractivity (Wildman–Crippen MR) is 112 cm³/mol. The van der Waals surface area contributed by atoms with Gasteiger partial charge in [-0.3, -0.25) is 14.5 Å². The molecule has 0 atom stereocenters. The van der Waals surface area contributed by atoms with Gasteiger partial charge < -0.3 is 4.42 Å². The molecule has 2 heterocycles. The first-order valence-electron chi connectivity index (χ1n) is 8.35. The smallest absolute Gasteiger partial charge is 0.266 e. The summed E-state index contributed by atoms with van der Waals surface area (Å²) in [7, 11) is 0. The van der Waals surface area contributed by atoms with Crippen molar-refractivity contribution in [3.8, 4) is 11.1 Å². The van der Waals surface area contributed by atoms with Gasteiger partial charge in [0, 0.05) is 11.6 Å². The Bertz CT molecular complexity index is 1110. The largest absolute Gasteiger partial charge is 0.464 e. The van der Waals surface area contributed by atoms with Crippen LogP contribution in [0.3, 0.4) is 0 Å². The number of benzene rings is 2. The van der Waals surface area contributed by atoms with Crippen LogP contribution < -0.4 is 0 Å². The van der Waals surface area contributed by atoms with E-state index in [1.54, 1.807) is 12.3 Å². The maximum atomic E-state index is 12.6. The number of amides is 1. The van der Waals surface area contributed by atoms with E-state index in [-0.39, 0.29) is 18.2 Å². The number of hydrogen-bond donors (Lipinski definition) is 0. The number of carbonyl (C=O) groups excluding carboxylic acids is 2. The van der Waals surface area contributed by atoms with Crippen molar-refractivity contribution in [3.05, 3.63) is 65.5 Å². The Morgan fingerprint density at radius 1 is 1.15 bits per heavy atom. The standard InChI is InChI=1S/C21H15NO3S2/c1-13(23)12-22-20(24)19(27-21(22)26)11-18-17(9-10-25-18)16-8-4-6-14-5-2-3-7-15(14)16/h2-11H,12H2,1H3/b19-11-. The Balaban J connectivity index is 1.75. The molecular weight excluding hydrogens is 378 g/mol. The van der Waals surface area contributed by atoms with Crippen molar-refractivity contribution in [2.24, 2.45) is 0 Å². The zero-order valence-corrected chi connectivity index (χ0v) is 16.1. The fourth-order valence-electron chi connectivity index (χ4n) is 3.09. The highest BCUT2D eigenvalue weighted by atomic mass is 32.2. The number of carbonyl (C=O) groups is 2. The molecule has 6 heteroatoms. The molecule has 4 nitrogen and oxygen atoms in total. The maximum Gasteiger partial charge on any atom is 0.266 e. The molecule has 0 bridgehead atoms. The second kappa shape index (κ2) is 7.13. The molecule has 3 aromatic rings. The maximum absolute atomic E-state index is 12.6. The van der Waals surface area contributed by atoms with Crippen molar-refractivity contribution in [1.82, 2.24) is 4.90 Å². The molecule has 4 rings (SSSR count). The molecule has 0 N–H and O–H groups in total. The van der Waals surface area contributed by atoms with Crippen molar-refractivity contribution in [3.63, 3.8) is 0 Å². The van der Waals surface area contributed by atoms with Gasteiger partial charge in [-0.05, 0) is 29.3 Å². The fraction of sp³-hybridized carbons (Fsp3) is 0.0952. The summed E-state index contributed by atoms with van der Waals surface area (Å²) >= 11 is 6.43. The summed E-state index contributed by atoms with van der Waals surface area (Å²) in [6, 6.07) is 16.1. The Hall–Kier alpha value is -2.70. The van der Waals surface area contributed by atoms with Gasteiger partial charge in [0.25, 0.3) is 5.91 Å². The number of thiocarbonyl (C=S) groups is 1. The molecule has 1 aromatic heterocycles. The van der Waals surface area contributed by atoms with Crippen LogP contribution in [0.4, 0.5) is 0 Å². The first-order valence-corrected chi connectivity index (χ1v) is 9.57. The van der Waals surface area contributed by atoms with Crippen LogP contribution >= 0.6 is 24.0 Å². The molecule has 0 spiro atoms. The van der Waals surface area contributed by atoms with Gasteiger partial charge in [-0.15, -0.1) is 0 Å². The normalized spacial score (nSPS) is 15.9. The predicted octanol–water partition coefficient (Wildman–Crippen LogP) is 4.89. The number of furan rings is 1. The van der Waals surface area contributed by atoms with Gasteiger partial charge in [-0.1, -0.05) is 66.4 Å². The summed E-state index contributed by atoms with van der Waals surface area (Å²) in [5, 5.41) is 2.25. The lowest BCUT2D eigenvalue weighted by atomic mass is 9.98. The van der Waals surface area contributed by atoms with Crippen LogP contribution in [0.2, 0.25) is 0 Å². The Labute approximate surface area is 165 Å². The average Bonchev–Trinajstić information content (AvgIpc) is 3.21. The minimum absolute atomic E-state index is 0.00363. The van der Waals surface area contributed by atoms with Gasteiger partial charge in [0.2, 0.25) is 0 Å². The van der Waals surface area contributed by atoms with Crippen molar-refractivity contribution in [2.75, 3.05) is 6.54 Å². The van der Waals surface area contributed by atoms with Crippen molar-refractivity contribution >= 4 is 56.8 Å². The summed E-state index contributed by atoms with van der Waals surface area (Å²) in [6.07, 6.45) is 3.32. The van der Waals surface area contributed by atoms with Crippen LogP contribution in [-0.4, -0.2) is 27.5 Å². The molecule has 0 saturated carbocycles. The van der Waals surface area contributed by atoms with E-state index in [9.17, 15) is 9.59 Å². The molecule has 1 saturated heterocycles. The second-order valence-electron chi connectivity index (χ2n) is 6.20. The van der Waals surface area contributed by atoms with E-state index >= 15 is 0 Å². The molecule has 1 fully saturated rings. The third kappa shape index (κ3) is 3.34. The van der Waals surface area contributed by atoms with Crippen molar-refractivity contribution in [2.45, 2.75) is 6.92 Å². The van der Waals surface area contributed by atoms with E-state index in [2.05, 4.69) is 18.2 Å². The third-order valence-corrected chi connectivity index (χ3v) is 5.67. The molecule has 134 valence electrons. The lowest BCUT2D eigenvalue weighted by Gasteiger charge is -2.11. The SMILES string of the molecule is CC(=O)CN1C(=O)/C(=C/c2occc2-c2cccc3ccccc23)SC1=S. The van der Waals surface area contributed by atoms with Crippen LogP contribution in [0.25, 0.3) is 28.0 Å². The molecule has 0 aliphatic carbocycles. The van der Waals surface area contributed by atoms with Gasteiger partial charge in [0.05, 0.1) is 17.7 Å². The molecule has 2 aromatic carbocycles. The zero-order chi connectivity index (χ0) is 19.0. The summed E-state index contributed by atoms with van der Waals surface area (Å²) in [4.78, 5) is 25.8. The minimum atomic E-state index is -0.263. The average molecular weight is 393 g/mol. The molecule has 1 amide bonds. The fourth-order valence-corrected chi connectivity index (χ4v) is 4.32. The Morgan fingerprint density at radius 3 is 2.74 bits per heavy atom. The van der Waals surface area contributed by atoms with E-state index in [1.165, 1.54) is 23.6 Å². The molecular formula is C21H15NO3S2. The third-order valence-electron chi connectivity index (χ3n) is 4.29. The van der Waals surface area contributed by atoms with Crippen LogP contribution in [0.5, 0.6) is 0 Å². The van der Waals surface area contributed by atoms with Crippen LogP contribution in [-0.2, 0) is 9.59 Å². The molecule has 1 aliphatic rings. The van der Waals surface area contributed by atoms with E-state index in [4.69, 9.17) is 16.6 Å². The van der Waals surface area contributed by atoms with Gasteiger partial charge in [-0.2, -0.15) is 0 Å². The van der Waals surface area contributed by atoms with Crippen molar-refractivity contribution in [1.29, 1.82) is 0 Å². The molecule has 1 aliphatic heterocycles. The van der Waals surface area contributed by atoms with Crippen LogP contribution in [0.15, 0.2) is 64.1 Å². The topological polar surface area (TPSA) is 50.5 Å². The summed E-state index contributed by atoms with van der Waals surface area (Å²) in [5.74, 6) is 0.220. The van der Waals surface area contributed by atoms with Gasteiger partial charge >= 0.3 is 0 Å². The number of rotatable bonds is 4. The monoisotopic (exact) mass is 393 g/mol. The number of nitrogens with zero attached hydrogens (tertiary/aromatic N) is 1. The second-order valence-corrected chi connectivity index (χ2v) is 7.87. The van der Waals surface area contributed by atoms with E-state index < -0.39 is 0 Å². The lowest BCUT2D eigenvalue weighted by Crippen LogP contribution is -2.32. The Kier molecular flexibility index (Phi) is 4.68. The molecule has 0 unspecified atom stereocenters. The summed E-state index contributed by atoms with van der Waals surface area (Å²) in [5.41, 5.74) is 1.94.